The molecular formula is C27H29NO3. The highest BCUT2D eigenvalue weighted by Crippen LogP contribution is 2.12. The predicted molar refractivity (Wildman–Crippen MR) is 125 cm³/mol. The number of methoxy groups -OCH3 is 1. The van der Waals surface area contributed by atoms with Gasteiger partial charge in [0.15, 0.2) is 0 Å². The van der Waals surface area contributed by atoms with Gasteiger partial charge in [0.05, 0.1) is 19.3 Å². The summed E-state index contributed by atoms with van der Waals surface area (Å²) in [6.07, 6.45) is 4.11. The minimum absolute atomic E-state index is 0.353. The van der Waals surface area contributed by atoms with Crippen LogP contribution in [0, 0.1) is 0 Å². The van der Waals surface area contributed by atoms with Crippen LogP contribution in [0.4, 0.5) is 0 Å². The average Bonchev–Trinajstić information content (AvgIpc) is 2.82. The SMILES string of the molecule is COC(=O)[C@H](Cc1ccccc1)N[C@@H](/C=C/c1ccccc1)[C@@H](O)Cc1ccccc1. The number of esters is 1. The Morgan fingerprint density at radius 3 is 1.94 bits per heavy atom. The van der Waals surface area contributed by atoms with Gasteiger partial charge in [0.1, 0.15) is 6.04 Å². The first-order valence-corrected chi connectivity index (χ1v) is 10.5. The lowest BCUT2D eigenvalue weighted by Crippen LogP contribution is -2.49. The molecule has 0 radical (unpaired) electrons. The molecule has 4 nitrogen and oxygen atoms in total. The van der Waals surface area contributed by atoms with E-state index < -0.39 is 18.2 Å². The first-order chi connectivity index (χ1) is 15.2. The van der Waals surface area contributed by atoms with Gasteiger partial charge >= 0.3 is 5.97 Å². The molecule has 0 spiro atoms. The van der Waals surface area contributed by atoms with Crippen molar-refractivity contribution < 1.29 is 14.6 Å². The number of benzene rings is 3. The van der Waals surface area contributed by atoms with Crippen LogP contribution >= 0.6 is 0 Å². The van der Waals surface area contributed by atoms with Crippen LogP contribution in [-0.2, 0) is 22.4 Å². The molecule has 0 saturated carbocycles. The largest absolute Gasteiger partial charge is 0.468 e. The van der Waals surface area contributed by atoms with Gasteiger partial charge in [0, 0.05) is 6.42 Å². The molecule has 0 aliphatic carbocycles. The first-order valence-electron chi connectivity index (χ1n) is 10.5. The van der Waals surface area contributed by atoms with Crippen molar-refractivity contribution in [1.82, 2.24) is 5.32 Å². The zero-order valence-corrected chi connectivity index (χ0v) is 17.7. The van der Waals surface area contributed by atoms with Crippen molar-refractivity contribution in [2.24, 2.45) is 0 Å². The van der Waals surface area contributed by atoms with E-state index in [1.54, 1.807) is 0 Å². The lowest BCUT2D eigenvalue weighted by molar-refractivity contribution is -0.143. The molecule has 0 aliphatic heterocycles. The van der Waals surface area contributed by atoms with Gasteiger partial charge in [-0.3, -0.25) is 10.1 Å². The minimum atomic E-state index is -0.717. The normalized spacial score (nSPS) is 14.1. The van der Waals surface area contributed by atoms with Crippen molar-refractivity contribution in [2.75, 3.05) is 7.11 Å². The fraction of sp³-hybridized carbons (Fsp3) is 0.222. The van der Waals surface area contributed by atoms with Crippen LogP contribution in [0.25, 0.3) is 6.08 Å². The molecule has 3 rings (SSSR count). The average molecular weight is 416 g/mol. The van der Waals surface area contributed by atoms with E-state index in [-0.39, 0.29) is 5.97 Å². The molecule has 0 amide bonds. The lowest BCUT2D eigenvalue weighted by Gasteiger charge is -2.26. The van der Waals surface area contributed by atoms with Crippen molar-refractivity contribution in [3.63, 3.8) is 0 Å². The Morgan fingerprint density at radius 1 is 0.871 bits per heavy atom. The number of hydrogen-bond acceptors (Lipinski definition) is 4. The van der Waals surface area contributed by atoms with Gasteiger partial charge < -0.3 is 9.84 Å². The molecule has 0 heterocycles. The zero-order valence-electron chi connectivity index (χ0n) is 17.7. The number of carbonyl (C=O) groups is 1. The van der Waals surface area contributed by atoms with E-state index >= 15 is 0 Å². The monoisotopic (exact) mass is 415 g/mol. The second-order valence-electron chi connectivity index (χ2n) is 7.48. The first kappa shape index (κ1) is 22.5. The Hall–Kier alpha value is -3.21. The molecule has 0 aromatic heterocycles. The van der Waals surface area contributed by atoms with Crippen LogP contribution in [0.2, 0.25) is 0 Å². The second-order valence-corrected chi connectivity index (χ2v) is 7.48. The number of nitrogens with one attached hydrogen (secondary N) is 1. The third-order valence-electron chi connectivity index (χ3n) is 5.16. The van der Waals surface area contributed by atoms with Gasteiger partial charge in [-0.2, -0.15) is 0 Å². The Bertz CT molecular complexity index is 942. The minimum Gasteiger partial charge on any atom is -0.468 e. The van der Waals surface area contributed by atoms with Crippen molar-refractivity contribution >= 4 is 12.0 Å². The Kier molecular flexibility index (Phi) is 8.59. The molecule has 0 unspecified atom stereocenters. The molecule has 0 fully saturated rings. The molecule has 0 saturated heterocycles. The van der Waals surface area contributed by atoms with Crippen LogP contribution in [0.15, 0.2) is 97.1 Å². The summed E-state index contributed by atoms with van der Waals surface area (Å²) < 4.78 is 5.04. The van der Waals surface area contributed by atoms with E-state index in [0.29, 0.717) is 12.8 Å². The van der Waals surface area contributed by atoms with Crippen molar-refractivity contribution in [3.05, 3.63) is 114 Å². The second kappa shape index (κ2) is 11.8. The van der Waals surface area contributed by atoms with E-state index in [2.05, 4.69) is 5.32 Å². The van der Waals surface area contributed by atoms with Gasteiger partial charge in [-0.05, 0) is 23.1 Å². The van der Waals surface area contributed by atoms with E-state index in [1.165, 1.54) is 7.11 Å². The Morgan fingerprint density at radius 2 is 1.39 bits per heavy atom. The molecule has 160 valence electrons. The summed E-state index contributed by atoms with van der Waals surface area (Å²) in [6, 6.07) is 28.5. The van der Waals surface area contributed by atoms with E-state index in [9.17, 15) is 9.90 Å². The summed E-state index contributed by atoms with van der Waals surface area (Å²) >= 11 is 0. The van der Waals surface area contributed by atoms with Crippen LogP contribution < -0.4 is 5.32 Å². The number of carbonyl (C=O) groups excluding carboxylic acids is 1. The van der Waals surface area contributed by atoms with Crippen LogP contribution in [-0.4, -0.2) is 36.4 Å². The van der Waals surface area contributed by atoms with Gasteiger partial charge in [0.25, 0.3) is 0 Å². The fourth-order valence-corrected chi connectivity index (χ4v) is 3.49. The number of hydrogen-bond donors (Lipinski definition) is 2. The highest BCUT2D eigenvalue weighted by atomic mass is 16.5. The molecule has 0 aliphatic rings. The number of aliphatic hydroxyl groups is 1. The van der Waals surface area contributed by atoms with Crippen LogP contribution in [0.1, 0.15) is 16.7 Å². The van der Waals surface area contributed by atoms with Gasteiger partial charge in [-0.25, -0.2) is 0 Å². The summed E-state index contributed by atoms with van der Waals surface area (Å²) in [5, 5.41) is 14.4. The standard InChI is InChI=1S/C27H29NO3/c1-31-27(30)25(19-22-13-7-3-8-14-22)28-24(18-17-21-11-5-2-6-12-21)26(29)20-23-15-9-4-10-16-23/h2-18,24-26,28-29H,19-20H2,1H3/b18-17+/t24-,25-,26-/m0/s1. The maximum Gasteiger partial charge on any atom is 0.323 e. The maximum atomic E-state index is 12.5. The van der Waals surface area contributed by atoms with Crippen LogP contribution in [0.3, 0.4) is 0 Å². The summed E-state index contributed by atoms with van der Waals surface area (Å²) in [6.45, 7) is 0. The molecule has 3 aromatic carbocycles. The summed E-state index contributed by atoms with van der Waals surface area (Å²) in [7, 11) is 1.39. The quantitative estimate of drug-likeness (QED) is 0.491. The molecule has 0 bridgehead atoms. The predicted octanol–water partition coefficient (Wildman–Crippen LogP) is 4.05. The van der Waals surface area contributed by atoms with Crippen LogP contribution in [0.5, 0.6) is 0 Å². The van der Waals surface area contributed by atoms with Gasteiger partial charge in [-0.1, -0.05) is 103 Å². The smallest absolute Gasteiger partial charge is 0.323 e. The number of ether oxygens (including phenoxy) is 1. The molecule has 3 atom stereocenters. The number of aliphatic hydroxyl groups excluding tert-OH is 1. The summed E-state index contributed by atoms with van der Waals surface area (Å²) in [5.74, 6) is -0.353. The highest BCUT2D eigenvalue weighted by Gasteiger charge is 2.26. The van der Waals surface area contributed by atoms with Crippen molar-refractivity contribution in [1.29, 1.82) is 0 Å². The fourth-order valence-electron chi connectivity index (χ4n) is 3.49. The molecule has 3 aromatic rings. The molecule has 4 heteroatoms. The zero-order chi connectivity index (χ0) is 21.9. The lowest BCUT2D eigenvalue weighted by atomic mass is 9.98. The van der Waals surface area contributed by atoms with Gasteiger partial charge in [0.2, 0.25) is 0 Å². The third kappa shape index (κ3) is 7.21. The maximum absolute atomic E-state index is 12.5. The molecule has 2 N–H and O–H groups in total. The molecular weight excluding hydrogens is 386 g/mol. The topological polar surface area (TPSA) is 58.6 Å². The van der Waals surface area contributed by atoms with Gasteiger partial charge in [-0.15, -0.1) is 0 Å². The summed E-state index contributed by atoms with van der Waals surface area (Å²) in [4.78, 5) is 12.5. The third-order valence-corrected chi connectivity index (χ3v) is 5.16. The Labute approximate surface area is 184 Å². The van der Waals surface area contributed by atoms with Crippen molar-refractivity contribution in [2.45, 2.75) is 31.0 Å². The van der Waals surface area contributed by atoms with E-state index in [1.807, 2.05) is 103 Å². The summed E-state index contributed by atoms with van der Waals surface area (Å²) in [5.41, 5.74) is 3.08. The molecule has 31 heavy (non-hydrogen) atoms. The van der Waals surface area contributed by atoms with E-state index in [4.69, 9.17) is 4.74 Å². The van der Waals surface area contributed by atoms with E-state index in [0.717, 1.165) is 16.7 Å². The number of rotatable bonds is 10. The highest BCUT2D eigenvalue weighted by molar-refractivity contribution is 5.76. The van der Waals surface area contributed by atoms with Crippen molar-refractivity contribution in [3.8, 4) is 0 Å². The Balaban J connectivity index is 1.81.